The Morgan fingerprint density at radius 3 is 2.62 bits per heavy atom. The van der Waals surface area contributed by atoms with Crippen molar-refractivity contribution in [3.63, 3.8) is 0 Å². The molecule has 0 spiro atoms. The summed E-state index contributed by atoms with van der Waals surface area (Å²) >= 11 is 0. The number of piperidine rings is 2. The molecule has 6 rings (SSSR count). The third-order valence-electron chi connectivity index (χ3n) is 6.62. The Morgan fingerprint density at radius 2 is 1.94 bits per heavy atom. The summed E-state index contributed by atoms with van der Waals surface area (Å²) in [4.78, 5) is 28.5. The second kappa shape index (κ2) is 8.70. The van der Waals surface area contributed by atoms with Crippen LogP contribution in [-0.4, -0.2) is 44.4 Å². The molecule has 1 saturated carbocycles. The number of carbonyl (C=O) groups is 1. The van der Waals surface area contributed by atoms with Crippen LogP contribution in [0.3, 0.4) is 0 Å². The summed E-state index contributed by atoms with van der Waals surface area (Å²) in [6.45, 7) is 2.55. The van der Waals surface area contributed by atoms with E-state index in [1.165, 1.54) is 6.07 Å². The summed E-state index contributed by atoms with van der Waals surface area (Å²) in [5, 5.41) is 3.28. The van der Waals surface area contributed by atoms with Crippen LogP contribution in [0.1, 0.15) is 40.7 Å². The highest BCUT2D eigenvalue weighted by atomic mass is 19.4. The van der Waals surface area contributed by atoms with E-state index in [0.717, 1.165) is 37.1 Å². The first kappa shape index (κ1) is 22.3. The molecule has 0 aromatic carbocycles. The molecule has 3 aliphatic rings. The first-order valence-electron chi connectivity index (χ1n) is 11.3. The normalized spacial score (nSPS) is 22.0. The van der Waals surface area contributed by atoms with Crippen molar-refractivity contribution in [3.8, 4) is 11.4 Å². The Labute approximate surface area is 195 Å². The van der Waals surface area contributed by atoms with Gasteiger partial charge in [0.1, 0.15) is 11.5 Å². The number of hydrogen-bond acceptors (Lipinski definition) is 5. The fourth-order valence-corrected chi connectivity index (χ4v) is 5.01. The number of nitrogens with one attached hydrogen (secondary N) is 1. The number of aromatic nitrogens is 3. The SMILES string of the molecule is Cc1cnc(-c2ccccn2)c(C(=O)N2CC3CCC2C(Nc2ccc(C(F)(F)F)cn2)C3)c1. The first-order valence-corrected chi connectivity index (χ1v) is 11.3. The number of carbonyl (C=O) groups excluding carboxylic acids is 1. The summed E-state index contributed by atoms with van der Waals surface area (Å²) in [5.74, 6) is 0.597. The maximum atomic E-state index is 13.8. The van der Waals surface area contributed by atoms with E-state index < -0.39 is 11.7 Å². The maximum absolute atomic E-state index is 13.8. The van der Waals surface area contributed by atoms with Gasteiger partial charge in [-0.05, 0) is 68.0 Å². The largest absolute Gasteiger partial charge is 0.417 e. The van der Waals surface area contributed by atoms with E-state index in [1.54, 1.807) is 12.4 Å². The van der Waals surface area contributed by atoms with Crippen molar-refractivity contribution in [2.24, 2.45) is 5.92 Å². The van der Waals surface area contributed by atoms with Crippen LogP contribution in [0, 0.1) is 12.8 Å². The minimum absolute atomic E-state index is 0.0845. The standard InChI is InChI=1S/C25H24F3N5O/c1-15-10-18(23(31-12-15)19-4-2-3-9-29-19)24(34)33-14-16-5-7-21(33)20(11-16)32-22-8-6-17(13-30-22)25(26,27)28/h2-4,6,8-10,12-13,16,20-21H,5,7,11,14H2,1H3,(H,30,32). The van der Waals surface area contributed by atoms with Gasteiger partial charge < -0.3 is 10.2 Å². The number of amides is 1. The monoisotopic (exact) mass is 467 g/mol. The van der Waals surface area contributed by atoms with Crippen LogP contribution < -0.4 is 5.32 Å². The van der Waals surface area contributed by atoms with Crippen molar-refractivity contribution in [1.82, 2.24) is 19.9 Å². The molecule has 3 aromatic rings. The van der Waals surface area contributed by atoms with Crippen LogP contribution >= 0.6 is 0 Å². The van der Waals surface area contributed by atoms with E-state index in [4.69, 9.17) is 0 Å². The molecule has 176 valence electrons. The second-order valence-electron chi connectivity index (χ2n) is 9.01. The van der Waals surface area contributed by atoms with Crippen molar-refractivity contribution in [2.75, 3.05) is 11.9 Å². The van der Waals surface area contributed by atoms with E-state index in [-0.39, 0.29) is 18.0 Å². The zero-order chi connectivity index (χ0) is 23.9. The summed E-state index contributed by atoms with van der Waals surface area (Å²) < 4.78 is 38.6. The first-order chi connectivity index (χ1) is 16.3. The molecule has 2 bridgehead atoms. The van der Waals surface area contributed by atoms with Gasteiger partial charge >= 0.3 is 6.18 Å². The highest BCUT2D eigenvalue weighted by Crippen LogP contribution is 2.38. The lowest BCUT2D eigenvalue weighted by atomic mass is 9.76. The van der Waals surface area contributed by atoms with E-state index >= 15 is 0 Å². The molecular formula is C25H24F3N5O. The number of aryl methyl sites for hydroxylation is 1. The second-order valence-corrected chi connectivity index (χ2v) is 9.01. The fourth-order valence-electron chi connectivity index (χ4n) is 5.01. The van der Waals surface area contributed by atoms with E-state index in [2.05, 4.69) is 20.3 Å². The van der Waals surface area contributed by atoms with Gasteiger partial charge in [-0.3, -0.25) is 14.8 Å². The van der Waals surface area contributed by atoms with Gasteiger partial charge in [0, 0.05) is 31.2 Å². The molecule has 1 N–H and O–H groups in total. The average Bonchev–Trinajstić information content (AvgIpc) is 2.84. The Morgan fingerprint density at radius 1 is 1.09 bits per heavy atom. The molecule has 3 fully saturated rings. The topological polar surface area (TPSA) is 71.0 Å². The Bertz CT molecular complexity index is 1180. The quantitative estimate of drug-likeness (QED) is 0.587. The van der Waals surface area contributed by atoms with Crippen LogP contribution in [0.2, 0.25) is 0 Å². The molecule has 6 nitrogen and oxygen atoms in total. The molecule has 2 aliphatic heterocycles. The van der Waals surface area contributed by atoms with Gasteiger partial charge in [-0.15, -0.1) is 0 Å². The smallest absolute Gasteiger partial charge is 0.365 e. The number of alkyl halides is 3. The number of nitrogens with zero attached hydrogens (tertiary/aromatic N) is 4. The van der Waals surface area contributed by atoms with Crippen LogP contribution in [-0.2, 0) is 6.18 Å². The molecule has 0 radical (unpaired) electrons. The number of fused-ring (bicyclic) bond motifs is 3. The molecule has 2 saturated heterocycles. The average molecular weight is 467 g/mol. The number of anilines is 1. The molecule has 3 aromatic heterocycles. The van der Waals surface area contributed by atoms with Gasteiger partial charge in [-0.2, -0.15) is 13.2 Å². The highest BCUT2D eigenvalue weighted by Gasteiger charge is 2.43. The number of rotatable bonds is 4. The third-order valence-corrected chi connectivity index (χ3v) is 6.62. The van der Waals surface area contributed by atoms with E-state index in [0.29, 0.717) is 35.2 Å². The molecular weight excluding hydrogens is 443 g/mol. The minimum Gasteiger partial charge on any atom is -0.365 e. The third kappa shape index (κ3) is 4.34. The molecule has 1 amide bonds. The maximum Gasteiger partial charge on any atom is 0.417 e. The number of hydrogen-bond donors (Lipinski definition) is 1. The molecule has 34 heavy (non-hydrogen) atoms. The van der Waals surface area contributed by atoms with Gasteiger partial charge in [0.25, 0.3) is 5.91 Å². The van der Waals surface area contributed by atoms with Crippen LogP contribution in [0.25, 0.3) is 11.4 Å². The predicted molar refractivity (Wildman–Crippen MR) is 121 cm³/mol. The lowest BCUT2D eigenvalue weighted by molar-refractivity contribution is -0.137. The molecule has 9 heteroatoms. The lowest BCUT2D eigenvalue weighted by Gasteiger charge is -2.50. The van der Waals surface area contributed by atoms with Crippen molar-refractivity contribution in [1.29, 1.82) is 0 Å². The fraction of sp³-hybridized carbons (Fsp3) is 0.360. The highest BCUT2D eigenvalue weighted by molar-refractivity contribution is 6.00. The zero-order valence-corrected chi connectivity index (χ0v) is 18.6. The van der Waals surface area contributed by atoms with Crippen molar-refractivity contribution in [3.05, 3.63) is 71.7 Å². The van der Waals surface area contributed by atoms with Crippen molar-refractivity contribution >= 4 is 11.7 Å². The van der Waals surface area contributed by atoms with Gasteiger partial charge in [0.05, 0.1) is 22.9 Å². The zero-order valence-electron chi connectivity index (χ0n) is 18.6. The van der Waals surface area contributed by atoms with Gasteiger partial charge in [0.15, 0.2) is 0 Å². The molecule has 1 aliphatic carbocycles. The summed E-state index contributed by atoms with van der Waals surface area (Å²) in [6.07, 6.45) is 2.50. The molecule has 3 unspecified atom stereocenters. The van der Waals surface area contributed by atoms with Crippen LogP contribution in [0.4, 0.5) is 19.0 Å². The Hall–Kier alpha value is -3.49. The van der Waals surface area contributed by atoms with Crippen molar-refractivity contribution < 1.29 is 18.0 Å². The summed E-state index contributed by atoms with van der Waals surface area (Å²) in [5.41, 5.74) is 1.80. The Balaban J connectivity index is 1.40. The van der Waals surface area contributed by atoms with Crippen LogP contribution in [0.5, 0.6) is 0 Å². The van der Waals surface area contributed by atoms with Gasteiger partial charge in [-0.25, -0.2) is 4.98 Å². The predicted octanol–water partition coefficient (Wildman–Crippen LogP) is 4.97. The lowest BCUT2D eigenvalue weighted by Crippen LogP contribution is -2.59. The molecule has 3 atom stereocenters. The minimum atomic E-state index is -4.42. The van der Waals surface area contributed by atoms with Gasteiger partial charge in [-0.1, -0.05) is 6.07 Å². The van der Waals surface area contributed by atoms with E-state index in [9.17, 15) is 18.0 Å². The molecule has 5 heterocycles. The summed E-state index contributed by atoms with van der Waals surface area (Å²) in [6, 6.07) is 9.55. The van der Waals surface area contributed by atoms with Gasteiger partial charge in [0.2, 0.25) is 0 Å². The van der Waals surface area contributed by atoms with Crippen LogP contribution in [0.15, 0.2) is 55.0 Å². The summed E-state index contributed by atoms with van der Waals surface area (Å²) in [7, 11) is 0. The Kier molecular flexibility index (Phi) is 5.71. The van der Waals surface area contributed by atoms with E-state index in [1.807, 2.05) is 36.1 Å². The van der Waals surface area contributed by atoms with Crippen molar-refractivity contribution in [2.45, 2.75) is 44.4 Å². The number of halogens is 3. The number of pyridine rings is 3.